The van der Waals surface area contributed by atoms with Crippen LogP contribution in [-0.4, -0.2) is 77.4 Å². The number of carbonyl (C=O) groups excluding carboxylic acids is 2. The van der Waals surface area contributed by atoms with E-state index in [0.717, 1.165) is 38.1 Å². The van der Waals surface area contributed by atoms with Crippen molar-refractivity contribution in [3.05, 3.63) is 59.9 Å². The van der Waals surface area contributed by atoms with Gasteiger partial charge in [-0.15, -0.1) is 0 Å². The average Bonchev–Trinajstić information content (AvgIpc) is 3.21. The van der Waals surface area contributed by atoms with Crippen LogP contribution in [-0.2, 0) is 4.79 Å². The summed E-state index contributed by atoms with van der Waals surface area (Å²) in [6, 6.07) is 11.8. The van der Waals surface area contributed by atoms with Crippen LogP contribution in [0.3, 0.4) is 0 Å². The highest BCUT2D eigenvalue weighted by atomic mass is 16.5. The van der Waals surface area contributed by atoms with Crippen LogP contribution in [0.15, 0.2) is 48.8 Å². The van der Waals surface area contributed by atoms with Gasteiger partial charge in [0, 0.05) is 50.7 Å². The van der Waals surface area contributed by atoms with Crippen LogP contribution in [0.1, 0.15) is 48.1 Å². The Kier molecular flexibility index (Phi) is 7.37. The van der Waals surface area contributed by atoms with E-state index in [1.165, 1.54) is 5.56 Å². The molecule has 0 spiro atoms. The molecule has 32 heavy (non-hydrogen) atoms. The topological polar surface area (TPSA) is 66.0 Å². The predicted octanol–water partition coefficient (Wildman–Crippen LogP) is 2.99. The minimum absolute atomic E-state index is 0.0377. The highest BCUT2D eigenvalue weighted by molar-refractivity contribution is 5.94. The zero-order chi connectivity index (χ0) is 22.3. The standard InChI is InChI=1S/C25H32N4O3/c1-2-32-22-8-6-20(7-9-22)23-5-3-16-29(23)24(30)19-27-14-4-15-28(18-17-27)25(31)21-10-12-26-13-11-21/h6-13,23H,2-5,14-19H2,1H3. The Morgan fingerprint density at radius 3 is 2.50 bits per heavy atom. The van der Waals surface area contributed by atoms with Crippen LogP contribution >= 0.6 is 0 Å². The Balaban J connectivity index is 1.33. The lowest BCUT2D eigenvalue weighted by Crippen LogP contribution is -2.42. The van der Waals surface area contributed by atoms with Crippen molar-refractivity contribution >= 4 is 11.8 Å². The third-order valence-corrected chi connectivity index (χ3v) is 6.31. The van der Waals surface area contributed by atoms with Crippen LogP contribution in [0.25, 0.3) is 0 Å². The summed E-state index contributed by atoms with van der Waals surface area (Å²) in [5.74, 6) is 1.08. The number of carbonyl (C=O) groups is 2. The number of pyridine rings is 1. The van der Waals surface area contributed by atoms with Gasteiger partial charge in [-0.3, -0.25) is 19.5 Å². The second-order valence-electron chi connectivity index (χ2n) is 8.40. The van der Waals surface area contributed by atoms with Crippen molar-refractivity contribution in [3.8, 4) is 5.75 Å². The van der Waals surface area contributed by atoms with Crippen molar-refractivity contribution in [1.82, 2.24) is 19.7 Å². The van der Waals surface area contributed by atoms with Crippen molar-refractivity contribution in [2.45, 2.75) is 32.2 Å². The molecule has 1 atom stereocenters. The summed E-state index contributed by atoms with van der Waals surface area (Å²) in [7, 11) is 0. The first kappa shape index (κ1) is 22.3. The number of benzene rings is 1. The first-order chi connectivity index (χ1) is 15.7. The average molecular weight is 437 g/mol. The van der Waals surface area contributed by atoms with Crippen LogP contribution in [0.5, 0.6) is 5.75 Å². The fraction of sp³-hybridized carbons (Fsp3) is 0.480. The predicted molar refractivity (Wildman–Crippen MR) is 122 cm³/mol. The van der Waals surface area contributed by atoms with Gasteiger partial charge < -0.3 is 14.5 Å². The van der Waals surface area contributed by atoms with E-state index in [4.69, 9.17) is 4.74 Å². The number of hydrogen-bond donors (Lipinski definition) is 0. The Labute approximate surface area is 190 Å². The molecule has 170 valence electrons. The normalized spacial score (nSPS) is 19.6. The molecular formula is C25H32N4O3. The molecule has 1 aromatic heterocycles. The van der Waals surface area contributed by atoms with Gasteiger partial charge >= 0.3 is 0 Å². The summed E-state index contributed by atoms with van der Waals surface area (Å²) in [6.07, 6.45) is 6.18. The zero-order valence-electron chi connectivity index (χ0n) is 18.8. The third kappa shape index (κ3) is 5.27. The van der Waals surface area contributed by atoms with Gasteiger partial charge in [0.05, 0.1) is 19.2 Å². The molecule has 2 fully saturated rings. The van der Waals surface area contributed by atoms with Crippen molar-refractivity contribution in [2.75, 3.05) is 45.9 Å². The minimum Gasteiger partial charge on any atom is -0.494 e. The number of amides is 2. The van der Waals surface area contributed by atoms with Crippen LogP contribution in [0, 0.1) is 0 Å². The Morgan fingerprint density at radius 1 is 0.969 bits per heavy atom. The van der Waals surface area contributed by atoms with E-state index < -0.39 is 0 Å². The highest BCUT2D eigenvalue weighted by Gasteiger charge is 2.31. The van der Waals surface area contributed by atoms with E-state index in [2.05, 4.69) is 22.0 Å². The first-order valence-corrected chi connectivity index (χ1v) is 11.6. The second kappa shape index (κ2) is 10.6. The molecule has 0 bridgehead atoms. The largest absolute Gasteiger partial charge is 0.494 e. The molecule has 7 nitrogen and oxygen atoms in total. The van der Waals surface area contributed by atoms with Gasteiger partial charge in [-0.2, -0.15) is 0 Å². The fourth-order valence-electron chi connectivity index (χ4n) is 4.66. The molecule has 3 heterocycles. The van der Waals surface area contributed by atoms with Gasteiger partial charge in [0.1, 0.15) is 5.75 Å². The Morgan fingerprint density at radius 2 is 1.75 bits per heavy atom. The van der Waals surface area contributed by atoms with Gasteiger partial charge in [0.2, 0.25) is 5.91 Å². The molecule has 2 aromatic rings. The van der Waals surface area contributed by atoms with Gasteiger partial charge in [-0.05, 0) is 56.0 Å². The van der Waals surface area contributed by atoms with Crippen molar-refractivity contribution in [3.63, 3.8) is 0 Å². The maximum atomic E-state index is 13.2. The van der Waals surface area contributed by atoms with E-state index in [1.807, 2.05) is 28.9 Å². The summed E-state index contributed by atoms with van der Waals surface area (Å²) in [5, 5.41) is 0. The van der Waals surface area contributed by atoms with Crippen LogP contribution in [0.4, 0.5) is 0 Å². The van der Waals surface area contributed by atoms with Crippen LogP contribution < -0.4 is 4.74 Å². The Bertz CT molecular complexity index is 903. The lowest BCUT2D eigenvalue weighted by atomic mass is 10.0. The fourth-order valence-corrected chi connectivity index (χ4v) is 4.66. The molecule has 2 amide bonds. The second-order valence-corrected chi connectivity index (χ2v) is 8.40. The van der Waals surface area contributed by atoms with E-state index in [0.29, 0.717) is 38.3 Å². The van der Waals surface area contributed by atoms with E-state index in [1.54, 1.807) is 24.5 Å². The summed E-state index contributed by atoms with van der Waals surface area (Å²) in [5.41, 5.74) is 1.84. The SMILES string of the molecule is CCOc1ccc(C2CCCN2C(=O)CN2CCCN(C(=O)c3ccncc3)CC2)cc1. The van der Waals surface area contributed by atoms with Crippen molar-refractivity contribution in [2.24, 2.45) is 0 Å². The number of likely N-dealkylation sites (tertiary alicyclic amines) is 1. The highest BCUT2D eigenvalue weighted by Crippen LogP contribution is 2.33. The maximum absolute atomic E-state index is 13.2. The molecule has 7 heteroatoms. The number of ether oxygens (including phenoxy) is 1. The molecule has 0 N–H and O–H groups in total. The number of nitrogens with zero attached hydrogens (tertiary/aromatic N) is 4. The Hall–Kier alpha value is -2.93. The van der Waals surface area contributed by atoms with Gasteiger partial charge in [-0.25, -0.2) is 0 Å². The lowest BCUT2D eigenvalue weighted by molar-refractivity contribution is -0.133. The number of rotatable bonds is 6. The summed E-state index contributed by atoms with van der Waals surface area (Å²) in [6.45, 7) is 6.72. The van der Waals surface area contributed by atoms with Crippen molar-refractivity contribution < 1.29 is 14.3 Å². The van der Waals surface area contributed by atoms with Crippen LogP contribution in [0.2, 0.25) is 0 Å². The van der Waals surface area contributed by atoms with E-state index in [-0.39, 0.29) is 17.9 Å². The van der Waals surface area contributed by atoms with Crippen molar-refractivity contribution in [1.29, 1.82) is 0 Å². The number of hydrogen-bond acceptors (Lipinski definition) is 5. The molecule has 4 rings (SSSR count). The molecular weight excluding hydrogens is 404 g/mol. The minimum atomic E-state index is 0.0377. The molecule has 2 saturated heterocycles. The molecule has 0 saturated carbocycles. The van der Waals surface area contributed by atoms with Gasteiger partial charge in [0.15, 0.2) is 0 Å². The zero-order valence-corrected chi connectivity index (χ0v) is 18.8. The molecule has 2 aliphatic rings. The number of aromatic nitrogens is 1. The summed E-state index contributed by atoms with van der Waals surface area (Å²) >= 11 is 0. The summed E-state index contributed by atoms with van der Waals surface area (Å²) < 4.78 is 5.55. The smallest absolute Gasteiger partial charge is 0.254 e. The molecule has 0 radical (unpaired) electrons. The maximum Gasteiger partial charge on any atom is 0.254 e. The monoisotopic (exact) mass is 436 g/mol. The quantitative estimate of drug-likeness (QED) is 0.697. The summed E-state index contributed by atoms with van der Waals surface area (Å²) in [4.78, 5) is 36.0. The van der Waals surface area contributed by atoms with E-state index >= 15 is 0 Å². The van der Waals surface area contributed by atoms with Gasteiger partial charge in [0.25, 0.3) is 5.91 Å². The third-order valence-electron chi connectivity index (χ3n) is 6.31. The first-order valence-electron chi connectivity index (χ1n) is 11.6. The molecule has 1 unspecified atom stereocenters. The van der Waals surface area contributed by atoms with E-state index in [9.17, 15) is 9.59 Å². The molecule has 2 aliphatic heterocycles. The lowest BCUT2D eigenvalue weighted by Gasteiger charge is -2.28. The molecule has 0 aliphatic carbocycles. The molecule has 1 aromatic carbocycles. The van der Waals surface area contributed by atoms with Gasteiger partial charge in [-0.1, -0.05) is 12.1 Å².